The summed E-state index contributed by atoms with van der Waals surface area (Å²) in [4.78, 5) is 11.0. The Kier molecular flexibility index (Phi) is 5.15. The van der Waals surface area contributed by atoms with Gasteiger partial charge in [0.1, 0.15) is 0 Å². The number of rotatable bonds is 5. The van der Waals surface area contributed by atoms with E-state index in [1.807, 2.05) is 25.1 Å². The van der Waals surface area contributed by atoms with Crippen LogP contribution < -0.4 is 10.2 Å². The van der Waals surface area contributed by atoms with E-state index < -0.39 is 11.6 Å². The highest BCUT2D eigenvalue weighted by Gasteiger charge is 2.30. The van der Waals surface area contributed by atoms with Gasteiger partial charge in [-0.3, -0.25) is 4.68 Å². The van der Waals surface area contributed by atoms with Gasteiger partial charge in [-0.05, 0) is 49.4 Å². The number of nitrogens with one attached hydrogen (secondary N) is 1. The molecule has 10 nitrogen and oxygen atoms in total. The van der Waals surface area contributed by atoms with Gasteiger partial charge in [-0.2, -0.15) is 0 Å². The SMILES string of the molecule is Cc1nc(NC2Cc3cc(F)c(F)cc3C2)ncc1-c1nnc(N2CCC(c3cn(C)nn3)C2)o1. The summed E-state index contributed by atoms with van der Waals surface area (Å²) in [6.45, 7) is 3.37. The normalized spacial score (nSPS) is 17.8. The highest BCUT2D eigenvalue weighted by atomic mass is 19.2. The molecule has 1 N–H and O–H groups in total. The minimum absolute atomic E-state index is 0.0381. The summed E-state index contributed by atoms with van der Waals surface area (Å²) in [6, 6.07) is 2.95. The van der Waals surface area contributed by atoms with Crippen molar-refractivity contribution >= 4 is 12.0 Å². The number of fused-ring (bicyclic) bond motifs is 1. The molecule has 180 valence electrons. The van der Waals surface area contributed by atoms with Crippen molar-refractivity contribution in [3.8, 4) is 11.5 Å². The van der Waals surface area contributed by atoms with Gasteiger partial charge in [-0.25, -0.2) is 18.7 Å². The lowest BCUT2D eigenvalue weighted by Gasteiger charge is -2.13. The number of aromatic nitrogens is 7. The van der Waals surface area contributed by atoms with Crippen molar-refractivity contribution in [3.05, 3.63) is 58.7 Å². The van der Waals surface area contributed by atoms with E-state index >= 15 is 0 Å². The average molecular weight is 479 g/mol. The van der Waals surface area contributed by atoms with Crippen molar-refractivity contribution in [2.75, 3.05) is 23.3 Å². The van der Waals surface area contributed by atoms with Crippen LogP contribution in [0.15, 0.2) is 28.9 Å². The van der Waals surface area contributed by atoms with E-state index in [0.717, 1.165) is 36.3 Å². The van der Waals surface area contributed by atoms with Crippen molar-refractivity contribution in [2.24, 2.45) is 7.05 Å². The lowest BCUT2D eigenvalue weighted by molar-refractivity contribution is 0.507. The quantitative estimate of drug-likeness (QED) is 0.462. The Morgan fingerprint density at radius 3 is 2.54 bits per heavy atom. The fourth-order valence-electron chi connectivity index (χ4n) is 4.82. The maximum Gasteiger partial charge on any atom is 0.318 e. The Labute approximate surface area is 199 Å². The smallest absolute Gasteiger partial charge is 0.318 e. The monoisotopic (exact) mass is 479 g/mol. The zero-order valence-electron chi connectivity index (χ0n) is 19.2. The van der Waals surface area contributed by atoms with Gasteiger partial charge in [0.15, 0.2) is 11.6 Å². The van der Waals surface area contributed by atoms with Crippen LogP contribution in [0, 0.1) is 18.6 Å². The maximum absolute atomic E-state index is 13.5. The van der Waals surface area contributed by atoms with Crippen molar-refractivity contribution in [2.45, 2.75) is 38.1 Å². The number of hydrogen-bond acceptors (Lipinski definition) is 9. The Bertz CT molecular complexity index is 1370. The van der Waals surface area contributed by atoms with Gasteiger partial charge in [-0.1, -0.05) is 10.3 Å². The molecule has 4 heterocycles. The van der Waals surface area contributed by atoms with Crippen LogP contribution in [-0.2, 0) is 19.9 Å². The first-order valence-corrected chi connectivity index (χ1v) is 11.4. The molecule has 2 aliphatic rings. The second-order valence-corrected chi connectivity index (χ2v) is 9.12. The molecule has 6 rings (SSSR count). The molecule has 35 heavy (non-hydrogen) atoms. The van der Waals surface area contributed by atoms with Gasteiger partial charge in [-0.15, -0.1) is 10.2 Å². The first-order valence-electron chi connectivity index (χ1n) is 11.4. The molecule has 1 fully saturated rings. The molecule has 1 aromatic carbocycles. The minimum Gasteiger partial charge on any atom is -0.403 e. The topological polar surface area (TPSA) is 111 Å². The van der Waals surface area contributed by atoms with E-state index in [0.29, 0.717) is 42.0 Å². The van der Waals surface area contributed by atoms with Crippen LogP contribution in [0.2, 0.25) is 0 Å². The van der Waals surface area contributed by atoms with Crippen LogP contribution in [-0.4, -0.2) is 54.3 Å². The van der Waals surface area contributed by atoms with Crippen LogP contribution in [0.1, 0.15) is 34.9 Å². The number of hydrogen-bond donors (Lipinski definition) is 1. The number of benzene rings is 1. The number of halogens is 2. The van der Waals surface area contributed by atoms with Crippen molar-refractivity contribution in [1.29, 1.82) is 0 Å². The summed E-state index contributed by atoms with van der Waals surface area (Å²) >= 11 is 0. The molecular formula is C23H23F2N9O. The standard InChI is InChI=1S/C23H23F2N9O/c1-12-17(9-26-22(27-12)28-16-5-14-7-18(24)19(25)8-15(14)6-16)21-30-31-23(35-21)34-4-3-13(10-34)20-11-33(2)32-29-20/h7-9,11,13,16H,3-6,10H2,1-2H3,(H,26,27,28). The van der Waals surface area contributed by atoms with Gasteiger partial charge >= 0.3 is 6.01 Å². The van der Waals surface area contributed by atoms with Crippen LogP contribution in [0.25, 0.3) is 11.5 Å². The zero-order chi connectivity index (χ0) is 24.1. The summed E-state index contributed by atoms with van der Waals surface area (Å²) < 4.78 is 34.7. The molecular weight excluding hydrogens is 456 g/mol. The van der Waals surface area contributed by atoms with Crippen LogP contribution in [0.5, 0.6) is 0 Å². The lowest BCUT2D eigenvalue weighted by atomic mass is 10.1. The van der Waals surface area contributed by atoms with E-state index in [1.165, 1.54) is 12.1 Å². The third-order valence-corrected chi connectivity index (χ3v) is 6.63. The Morgan fingerprint density at radius 2 is 1.86 bits per heavy atom. The summed E-state index contributed by atoms with van der Waals surface area (Å²) in [5, 5.41) is 19.9. The third kappa shape index (κ3) is 4.08. The van der Waals surface area contributed by atoms with Crippen LogP contribution >= 0.6 is 0 Å². The molecule has 1 unspecified atom stereocenters. The minimum atomic E-state index is -0.821. The van der Waals surface area contributed by atoms with Gasteiger partial charge in [0, 0.05) is 44.5 Å². The highest BCUT2D eigenvalue weighted by molar-refractivity contribution is 5.57. The fraction of sp³-hybridized carbons (Fsp3) is 0.391. The second kappa shape index (κ2) is 8.36. The van der Waals surface area contributed by atoms with E-state index in [2.05, 4.69) is 35.8 Å². The molecule has 4 aromatic rings. The Hall–Kier alpha value is -3.96. The zero-order valence-corrected chi connectivity index (χ0v) is 19.2. The van der Waals surface area contributed by atoms with Gasteiger partial charge in [0.25, 0.3) is 5.89 Å². The molecule has 0 radical (unpaired) electrons. The summed E-state index contributed by atoms with van der Waals surface area (Å²) in [5.41, 5.74) is 3.90. The van der Waals surface area contributed by atoms with Gasteiger partial charge in [0.2, 0.25) is 5.95 Å². The molecule has 1 aliphatic heterocycles. The van der Waals surface area contributed by atoms with Crippen molar-refractivity contribution in [3.63, 3.8) is 0 Å². The Morgan fingerprint density at radius 1 is 1.09 bits per heavy atom. The van der Waals surface area contributed by atoms with Gasteiger partial charge < -0.3 is 14.6 Å². The summed E-state index contributed by atoms with van der Waals surface area (Å²) in [5.74, 6) is -0.581. The first-order chi connectivity index (χ1) is 16.9. The number of anilines is 2. The molecule has 1 atom stereocenters. The molecule has 0 spiro atoms. The van der Waals surface area contributed by atoms with Crippen molar-refractivity contribution < 1.29 is 13.2 Å². The van der Waals surface area contributed by atoms with E-state index in [-0.39, 0.29) is 12.0 Å². The first kappa shape index (κ1) is 21.6. The number of aryl methyl sites for hydroxylation is 2. The third-order valence-electron chi connectivity index (χ3n) is 6.63. The molecule has 0 bridgehead atoms. The van der Waals surface area contributed by atoms with Crippen LogP contribution in [0.3, 0.4) is 0 Å². The summed E-state index contributed by atoms with van der Waals surface area (Å²) in [7, 11) is 1.85. The van der Waals surface area contributed by atoms with Crippen molar-refractivity contribution in [1.82, 2.24) is 35.2 Å². The lowest BCUT2D eigenvalue weighted by Crippen LogP contribution is -2.21. The Balaban J connectivity index is 1.13. The predicted molar refractivity (Wildman–Crippen MR) is 122 cm³/mol. The average Bonchev–Trinajstić information content (AvgIpc) is 3.60. The fourth-order valence-corrected chi connectivity index (χ4v) is 4.82. The molecule has 0 amide bonds. The molecule has 1 saturated heterocycles. The predicted octanol–water partition coefficient (Wildman–Crippen LogP) is 2.81. The molecule has 1 aliphatic carbocycles. The molecule has 3 aromatic heterocycles. The highest BCUT2D eigenvalue weighted by Crippen LogP contribution is 2.31. The second-order valence-electron chi connectivity index (χ2n) is 9.12. The van der Waals surface area contributed by atoms with E-state index in [9.17, 15) is 8.78 Å². The largest absolute Gasteiger partial charge is 0.403 e. The molecule has 0 saturated carbocycles. The van der Waals surface area contributed by atoms with Crippen LogP contribution in [0.4, 0.5) is 20.7 Å². The maximum atomic E-state index is 13.5. The van der Waals surface area contributed by atoms with E-state index in [4.69, 9.17) is 4.42 Å². The van der Waals surface area contributed by atoms with Gasteiger partial charge in [0.05, 0.1) is 17.0 Å². The van der Waals surface area contributed by atoms with E-state index in [1.54, 1.807) is 10.9 Å². The molecule has 12 heteroatoms. The summed E-state index contributed by atoms with van der Waals surface area (Å²) in [6.07, 6.45) is 5.67. The number of nitrogens with zero attached hydrogens (tertiary/aromatic N) is 8.